The molecule has 8 heteroatoms. The van der Waals surface area contributed by atoms with Gasteiger partial charge in [0.1, 0.15) is 17.5 Å². The molecule has 0 bridgehead atoms. The van der Waals surface area contributed by atoms with Crippen molar-refractivity contribution in [3.8, 4) is 5.75 Å². The van der Waals surface area contributed by atoms with Crippen LogP contribution in [0.5, 0.6) is 5.75 Å². The Morgan fingerprint density at radius 3 is 2.64 bits per heavy atom. The van der Waals surface area contributed by atoms with E-state index in [4.69, 9.17) is 4.74 Å². The summed E-state index contributed by atoms with van der Waals surface area (Å²) in [7, 11) is 3.21. The first-order valence-electron chi connectivity index (χ1n) is 8.03. The number of likely N-dealkylation sites (tertiary alicyclic amines) is 1. The molecule has 1 atom stereocenters. The highest BCUT2D eigenvalue weighted by Gasteiger charge is 2.29. The monoisotopic (exact) mass is 344 g/mol. The van der Waals surface area contributed by atoms with Crippen molar-refractivity contribution in [1.82, 2.24) is 19.2 Å². The molecule has 0 aliphatic carbocycles. The van der Waals surface area contributed by atoms with E-state index in [1.807, 2.05) is 6.92 Å². The van der Waals surface area contributed by atoms with Crippen molar-refractivity contribution in [1.29, 1.82) is 0 Å². The predicted molar refractivity (Wildman–Crippen MR) is 90.8 cm³/mol. The first-order chi connectivity index (χ1) is 11.8. The molecule has 132 valence electrons. The molecule has 1 fully saturated rings. The van der Waals surface area contributed by atoms with E-state index in [-0.39, 0.29) is 28.8 Å². The minimum absolute atomic E-state index is 0.129. The zero-order valence-electron chi connectivity index (χ0n) is 14.4. The number of amides is 1. The summed E-state index contributed by atoms with van der Waals surface area (Å²) in [6.45, 7) is 2.79. The number of rotatable bonds is 3. The molecule has 8 nitrogen and oxygen atoms in total. The number of pyridine rings is 1. The number of hydrogen-bond donors (Lipinski definition) is 0. The zero-order chi connectivity index (χ0) is 18.1. The molecule has 1 amide bonds. The van der Waals surface area contributed by atoms with E-state index in [1.54, 1.807) is 22.6 Å². The van der Waals surface area contributed by atoms with Gasteiger partial charge < -0.3 is 14.2 Å². The molecule has 1 aliphatic heterocycles. The summed E-state index contributed by atoms with van der Waals surface area (Å²) in [6.07, 6.45) is 0.495. The molecule has 3 rings (SSSR count). The van der Waals surface area contributed by atoms with Crippen molar-refractivity contribution < 1.29 is 9.53 Å². The summed E-state index contributed by atoms with van der Waals surface area (Å²) in [6, 6.07) is 6.02. The van der Waals surface area contributed by atoms with E-state index in [1.165, 1.54) is 25.2 Å². The van der Waals surface area contributed by atoms with Crippen LogP contribution in [0, 0.1) is 6.92 Å². The lowest BCUT2D eigenvalue weighted by atomic mass is 10.3. The van der Waals surface area contributed by atoms with Crippen LogP contribution in [0.25, 0.3) is 0 Å². The van der Waals surface area contributed by atoms with Gasteiger partial charge >= 0.3 is 0 Å². The van der Waals surface area contributed by atoms with Gasteiger partial charge in [0.2, 0.25) is 0 Å². The SMILES string of the molecule is Cc1cc(OC2CCN(C(=O)c3ccc(=O)n(C)n3)C2)cc(=O)n1C. The smallest absolute Gasteiger partial charge is 0.274 e. The number of hydrogen-bond acceptors (Lipinski definition) is 5. The van der Waals surface area contributed by atoms with E-state index in [2.05, 4.69) is 5.10 Å². The maximum Gasteiger partial charge on any atom is 0.274 e. The first-order valence-corrected chi connectivity index (χ1v) is 8.03. The van der Waals surface area contributed by atoms with Crippen molar-refractivity contribution in [2.75, 3.05) is 13.1 Å². The molecule has 25 heavy (non-hydrogen) atoms. The molecule has 1 aliphatic rings. The molecule has 0 spiro atoms. The Hall–Kier alpha value is -2.90. The van der Waals surface area contributed by atoms with Crippen LogP contribution >= 0.6 is 0 Å². The second kappa shape index (κ2) is 6.54. The van der Waals surface area contributed by atoms with Crippen LogP contribution in [0.1, 0.15) is 22.6 Å². The second-order valence-corrected chi connectivity index (χ2v) is 6.19. The normalized spacial score (nSPS) is 16.9. The number of aromatic nitrogens is 3. The van der Waals surface area contributed by atoms with Crippen LogP contribution in [0.3, 0.4) is 0 Å². The Bertz CT molecular complexity index is 931. The highest BCUT2D eigenvalue weighted by atomic mass is 16.5. The molecule has 0 N–H and O–H groups in total. The minimum Gasteiger partial charge on any atom is -0.488 e. The lowest BCUT2D eigenvalue weighted by Crippen LogP contribution is -2.33. The van der Waals surface area contributed by atoms with Gasteiger partial charge in [-0.05, 0) is 19.1 Å². The number of nitrogens with zero attached hydrogens (tertiary/aromatic N) is 4. The van der Waals surface area contributed by atoms with Gasteiger partial charge in [0.15, 0.2) is 0 Å². The standard InChI is InChI=1S/C17H20N4O4/c1-11-8-13(9-16(23)19(11)2)25-12-6-7-21(10-12)17(24)14-4-5-15(22)20(3)18-14/h4-5,8-9,12H,6-7,10H2,1-3H3. The predicted octanol–water partition coefficient (Wildman–Crippen LogP) is 0.0809. The van der Waals surface area contributed by atoms with E-state index in [9.17, 15) is 14.4 Å². The molecular formula is C17H20N4O4. The highest BCUT2D eigenvalue weighted by molar-refractivity contribution is 5.92. The third-order valence-corrected chi connectivity index (χ3v) is 4.39. The van der Waals surface area contributed by atoms with Gasteiger partial charge in [-0.15, -0.1) is 0 Å². The maximum atomic E-state index is 12.5. The molecule has 3 heterocycles. The fourth-order valence-electron chi connectivity index (χ4n) is 2.78. The van der Waals surface area contributed by atoms with Crippen molar-refractivity contribution in [3.05, 3.63) is 56.4 Å². The van der Waals surface area contributed by atoms with Gasteiger partial charge in [0.25, 0.3) is 17.0 Å². The van der Waals surface area contributed by atoms with Gasteiger partial charge in [0, 0.05) is 44.9 Å². The minimum atomic E-state index is -0.264. The molecule has 0 aromatic carbocycles. The molecule has 2 aromatic rings. The summed E-state index contributed by atoms with van der Waals surface area (Å²) < 4.78 is 8.55. The second-order valence-electron chi connectivity index (χ2n) is 6.19. The van der Waals surface area contributed by atoms with Crippen LogP contribution in [0.15, 0.2) is 33.9 Å². The number of carbonyl (C=O) groups excluding carboxylic acids is 1. The van der Waals surface area contributed by atoms with E-state index >= 15 is 0 Å². The van der Waals surface area contributed by atoms with Gasteiger partial charge in [0.05, 0.1) is 6.54 Å². The zero-order valence-corrected chi connectivity index (χ0v) is 14.4. The Morgan fingerprint density at radius 1 is 1.20 bits per heavy atom. The average Bonchev–Trinajstić information content (AvgIpc) is 3.03. The lowest BCUT2D eigenvalue weighted by Gasteiger charge is -2.17. The summed E-state index contributed by atoms with van der Waals surface area (Å²) in [5.74, 6) is 0.280. The number of aryl methyl sites for hydroxylation is 2. The Morgan fingerprint density at radius 2 is 1.96 bits per heavy atom. The van der Waals surface area contributed by atoms with Crippen LogP contribution in [0.4, 0.5) is 0 Å². The van der Waals surface area contributed by atoms with Crippen LogP contribution in [0.2, 0.25) is 0 Å². The maximum absolute atomic E-state index is 12.5. The summed E-state index contributed by atoms with van der Waals surface area (Å²) in [5.41, 5.74) is 0.644. The van der Waals surface area contributed by atoms with Crippen molar-refractivity contribution in [2.24, 2.45) is 14.1 Å². The Labute approximate surface area is 144 Å². The first kappa shape index (κ1) is 16.9. The topological polar surface area (TPSA) is 86.4 Å². The van der Waals surface area contributed by atoms with Gasteiger partial charge in [-0.25, -0.2) is 4.68 Å². The van der Waals surface area contributed by atoms with Crippen molar-refractivity contribution in [2.45, 2.75) is 19.4 Å². The van der Waals surface area contributed by atoms with Crippen LogP contribution in [-0.4, -0.2) is 44.3 Å². The van der Waals surface area contributed by atoms with Gasteiger partial charge in [-0.3, -0.25) is 14.4 Å². The van der Waals surface area contributed by atoms with E-state index in [0.717, 1.165) is 10.4 Å². The average molecular weight is 344 g/mol. The summed E-state index contributed by atoms with van der Waals surface area (Å²) >= 11 is 0. The van der Waals surface area contributed by atoms with Crippen LogP contribution < -0.4 is 15.9 Å². The Balaban J connectivity index is 1.69. The quantitative estimate of drug-likeness (QED) is 0.787. The molecule has 0 saturated carbocycles. The van der Waals surface area contributed by atoms with Crippen LogP contribution in [-0.2, 0) is 14.1 Å². The molecule has 0 radical (unpaired) electrons. The largest absolute Gasteiger partial charge is 0.488 e. The fraction of sp³-hybridized carbons (Fsp3) is 0.412. The van der Waals surface area contributed by atoms with Crippen molar-refractivity contribution in [3.63, 3.8) is 0 Å². The molecule has 2 aromatic heterocycles. The van der Waals surface area contributed by atoms with E-state index in [0.29, 0.717) is 25.3 Å². The summed E-state index contributed by atoms with van der Waals surface area (Å²) in [4.78, 5) is 37.4. The third kappa shape index (κ3) is 3.47. The van der Waals surface area contributed by atoms with Crippen molar-refractivity contribution >= 4 is 5.91 Å². The molecule has 1 saturated heterocycles. The highest BCUT2D eigenvalue weighted by Crippen LogP contribution is 2.19. The lowest BCUT2D eigenvalue weighted by molar-refractivity contribution is 0.0764. The van der Waals surface area contributed by atoms with E-state index < -0.39 is 0 Å². The number of carbonyl (C=O) groups is 1. The summed E-state index contributed by atoms with van der Waals surface area (Å²) in [5, 5.41) is 3.99. The number of ether oxygens (including phenoxy) is 1. The van der Waals surface area contributed by atoms with Gasteiger partial charge in [-0.1, -0.05) is 0 Å². The molecular weight excluding hydrogens is 324 g/mol. The van der Waals surface area contributed by atoms with Gasteiger partial charge in [-0.2, -0.15) is 5.10 Å². The fourth-order valence-corrected chi connectivity index (χ4v) is 2.78. The molecule has 1 unspecified atom stereocenters. The Kier molecular flexibility index (Phi) is 4.43. The third-order valence-electron chi connectivity index (χ3n) is 4.39.